The van der Waals surface area contributed by atoms with Crippen LogP contribution in [0.1, 0.15) is 11.5 Å². The molecule has 2 N–H and O–H groups in total. The molecule has 17 heavy (non-hydrogen) atoms. The minimum atomic E-state index is 0.771. The Morgan fingerprint density at radius 1 is 1.41 bits per heavy atom. The Labute approximate surface area is 101 Å². The summed E-state index contributed by atoms with van der Waals surface area (Å²) >= 11 is 0. The van der Waals surface area contributed by atoms with Crippen LogP contribution in [-0.4, -0.2) is 24.1 Å². The van der Waals surface area contributed by atoms with Crippen molar-refractivity contribution < 1.29 is 4.74 Å². The Hall–Kier alpha value is -1.81. The molecule has 0 bridgehead atoms. The van der Waals surface area contributed by atoms with Crippen LogP contribution in [-0.2, 0) is 6.54 Å². The van der Waals surface area contributed by atoms with Gasteiger partial charge in [0.05, 0.1) is 18.5 Å². The van der Waals surface area contributed by atoms with E-state index in [0.29, 0.717) is 0 Å². The molecule has 1 aromatic carbocycles. The van der Waals surface area contributed by atoms with Crippen LogP contribution in [0.15, 0.2) is 24.3 Å². The fourth-order valence-corrected chi connectivity index (χ4v) is 1.85. The van der Waals surface area contributed by atoms with Crippen molar-refractivity contribution in [3.05, 3.63) is 35.8 Å². The van der Waals surface area contributed by atoms with Crippen molar-refractivity contribution in [1.29, 1.82) is 0 Å². The minimum absolute atomic E-state index is 0.771. The molecule has 0 amide bonds. The highest BCUT2D eigenvalue weighted by Crippen LogP contribution is 2.25. The Kier molecular flexibility index (Phi) is 3.44. The van der Waals surface area contributed by atoms with Crippen molar-refractivity contribution in [2.45, 2.75) is 13.5 Å². The van der Waals surface area contributed by atoms with Gasteiger partial charge in [0.15, 0.2) is 0 Å². The summed E-state index contributed by atoms with van der Waals surface area (Å²) in [6, 6.07) is 7.94. The average molecular weight is 231 g/mol. The standard InChI is InChI=1S/C13H17N3O/c1-9-15-12(8-14-2)13(16-9)10-5-4-6-11(7-10)17-3/h4-7,14H,8H2,1-3H3,(H,15,16). The molecule has 0 saturated carbocycles. The number of ether oxygens (including phenoxy) is 1. The molecule has 0 fully saturated rings. The summed E-state index contributed by atoms with van der Waals surface area (Å²) in [6.07, 6.45) is 0. The van der Waals surface area contributed by atoms with E-state index in [1.165, 1.54) is 0 Å². The number of benzene rings is 1. The van der Waals surface area contributed by atoms with Crippen LogP contribution in [0.4, 0.5) is 0 Å². The van der Waals surface area contributed by atoms with Gasteiger partial charge in [-0.05, 0) is 26.1 Å². The van der Waals surface area contributed by atoms with E-state index >= 15 is 0 Å². The molecule has 4 nitrogen and oxygen atoms in total. The van der Waals surface area contributed by atoms with Crippen LogP contribution in [0.3, 0.4) is 0 Å². The Balaban J connectivity index is 2.43. The predicted molar refractivity (Wildman–Crippen MR) is 68.1 cm³/mol. The van der Waals surface area contributed by atoms with E-state index in [2.05, 4.69) is 15.3 Å². The van der Waals surface area contributed by atoms with E-state index in [-0.39, 0.29) is 0 Å². The zero-order valence-corrected chi connectivity index (χ0v) is 10.4. The monoisotopic (exact) mass is 231 g/mol. The molecule has 0 aliphatic rings. The number of hydrogen-bond acceptors (Lipinski definition) is 3. The van der Waals surface area contributed by atoms with Crippen LogP contribution in [0.5, 0.6) is 5.75 Å². The molecule has 0 aliphatic heterocycles. The second-order valence-electron chi connectivity index (χ2n) is 3.91. The Morgan fingerprint density at radius 2 is 2.24 bits per heavy atom. The topological polar surface area (TPSA) is 49.9 Å². The van der Waals surface area contributed by atoms with E-state index in [1.807, 2.05) is 38.2 Å². The summed E-state index contributed by atoms with van der Waals surface area (Å²) in [5, 5.41) is 3.13. The van der Waals surface area contributed by atoms with Gasteiger partial charge in [0.25, 0.3) is 0 Å². The number of aryl methyl sites for hydroxylation is 1. The number of aromatic nitrogens is 2. The van der Waals surface area contributed by atoms with Gasteiger partial charge in [0, 0.05) is 12.1 Å². The lowest BCUT2D eigenvalue weighted by Crippen LogP contribution is -2.06. The molecule has 90 valence electrons. The van der Waals surface area contributed by atoms with Crippen LogP contribution >= 0.6 is 0 Å². The molecular weight excluding hydrogens is 214 g/mol. The van der Waals surface area contributed by atoms with Gasteiger partial charge in [-0.15, -0.1) is 0 Å². The molecule has 0 aliphatic carbocycles. The number of imidazole rings is 1. The van der Waals surface area contributed by atoms with Crippen molar-refractivity contribution in [1.82, 2.24) is 15.3 Å². The van der Waals surface area contributed by atoms with Gasteiger partial charge in [-0.25, -0.2) is 4.98 Å². The normalized spacial score (nSPS) is 10.5. The number of H-pyrrole nitrogens is 1. The highest BCUT2D eigenvalue weighted by Gasteiger charge is 2.10. The summed E-state index contributed by atoms with van der Waals surface area (Å²) in [5.41, 5.74) is 3.15. The number of nitrogens with one attached hydrogen (secondary N) is 2. The maximum atomic E-state index is 5.23. The lowest BCUT2D eigenvalue weighted by atomic mass is 10.1. The molecule has 0 spiro atoms. The first kappa shape index (κ1) is 11.7. The summed E-state index contributed by atoms with van der Waals surface area (Å²) in [6.45, 7) is 2.73. The predicted octanol–water partition coefficient (Wildman–Crippen LogP) is 2.11. The first-order valence-corrected chi connectivity index (χ1v) is 5.59. The zero-order valence-electron chi connectivity index (χ0n) is 10.4. The smallest absolute Gasteiger partial charge is 0.119 e. The fourth-order valence-electron chi connectivity index (χ4n) is 1.85. The molecule has 2 aromatic rings. The van der Waals surface area contributed by atoms with Gasteiger partial charge >= 0.3 is 0 Å². The van der Waals surface area contributed by atoms with Crippen LogP contribution in [0.25, 0.3) is 11.3 Å². The molecular formula is C13H17N3O. The number of hydrogen-bond donors (Lipinski definition) is 2. The van der Waals surface area contributed by atoms with E-state index in [1.54, 1.807) is 7.11 Å². The third-order valence-corrected chi connectivity index (χ3v) is 2.59. The quantitative estimate of drug-likeness (QED) is 0.847. The molecule has 1 heterocycles. The molecule has 2 rings (SSSR count). The largest absolute Gasteiger partial charge is 0.497 e. The molecule has 0 saturated heterocycles. The van der Waals surface area contributed by atoms with Crippen molar-refractivity contribution in [3.63, 3.8) is 0 Å². The summed E-state index contributed by atoms with van der Waals surface area (Å²) < 4.78 is 5.23. The summed E-state index contributed by atoms with van der Waals surface area (Å²) in [5.74, 6) is 1.77. The van der Waals surface area contributed by atoms with Crippen LogP contribution in [0.2, 0.25) is 0 Å². The highest BCUT2D eigenvalue weighted by molar-refractivity contribution is 5.64. The van der Waals surface area contributed by atoms with Gasteiger partial charge in [0.1, 0.15) is 11.6 Å². The van der Waals surface area contributed by atoms with Gasteiger partial charge in [-0.3, -0.25) is 0 Å². The Morgan fingerprint density at radius 3 is 2.94 bits per heavy atom. The van der Waals surface area contributed by atoms with Gasteiger partial charge in [-0.1, -0.05) is 12.1 Å². The summed E-state index contributed by atoms with van der Waals surface area (Å²) in [7, 11) is 3.59. The molecule has 0 radical (unpaired) electrons. The van der Waals surface area contributed by atoms with Crippen LogP contribution in [0, 0.1) is 6.92 Å². The number of methoxy groups -OCH3 is 1. The molecule has 0 unspecified atom stereocenters. The third kappa shape index (κ3) is 2.47. The van der Waals surface area contributed by atoms with Crippen LogP contribution < -0.4 is 10.1 Å². The third-order valence-electron chi connectivity index (χ3n) is 2.59. The zero-order chi connectivity index (χ0) is 12.3. The van der Waals surface area contributed by atoms with E-state index in [4.69, 9.17) is 4.74 Å². The maximum Gasteiger partial charge on any atom is 0.119 e. The summed E-state index contributed by atoms with van der Waals surface area (Å²) in [4.78, 5) is 7.79. The van der Waals surface area contributed by atoms with E-state index < -0.39 is 0 Å². The lowest BCUT2D eigenvalue weighted by Gasteiger charge is -2.04. The van der Waals surface area contributed by atoms with Gasteiger partial charge in [-0.2, -0.15) is 0 Å². The number of nitrogens with zero attached hydrogens (tertiary/aromatic N) is 1. The average Bonchev–Trinajstić information content (AvgIpc) is 2.71. The van der Waals surface area contributed by atoms with Crippen molar-refractivity contribution in [2.75, 3.05) is 14.2 Å². The fraction of sp³-hybridized carbons (Fsp3) is 0.308. The first-order valence-electron chi connectivity index (χ1n) is 5.59. The van der Waals surface area contributed by atoms with E-state index in [0.717, 1.165) is 35.1 Å². The Bertz CT molecular complexity index is 505. The van der Waals surface area contributed by atoms with Gasteiger partial charge < -0.3 is 15.0 Å². The van der Waals surface area contributed by atoms with Crippen molar-refractivity contribution in [3.8, 4) is 17.0 Å². The molecule has 1 aromatic heterocycles. The second kappa shape index (κ2) is 5.01. The molecule has 0 atom stereocenters. The second-order valence-corrected chi connectivity index (χ2v) is 3.91. The first-order chi connectivity index (χ1) is 8.24. The highest BCUT2D eigenvalue weighted by atomic mass is 16.5. The van der Waals surface area contributed by atoms with Gasteiger partial charge in [0.2, 0.25) is 0 Å². The van der Waals surface area contributed by atoms with Crippen molar-refractivity contribution >= 4 is 0 Å². The minimum Gasteiger partial charge on any atom is -0.497 e. The maximum absolute atomic E-state index is 5.23. The number of rotatable bonds is 4. The lowest BCUT2D eigenvalue weighted by molar-refractivity contribution is 0.415. The SMILES string of the molecule is CNCc1[nH]c(C)nc1-c1cccc(OC)c1. The van der Waals surface area contributed by atoms with Crippen molar-refractivity contribution in [2.24, 2.45) is 0 Å². The number of aromatic amines is 1. The molecule has 4 heteroatoms. The van der Waals surface area contributed by atoms with E-state index in [9.17, 15) is 0 Å².